The third-order valence-corrected chi connectivity index (χ3v) is 4.05. The molecule has 0 aliphatic heterocycles. The number of benzene rings is 1. The van der Waals surface area contributed by atoms with Crippen LogP contribution < -0.4 is 14.8 Å². The lowest BCUT2D eigenvalue weighted by molar-refractivity contribution is 0.0270. The molecule has 1 saturated carbocycles. The van der Waals surface area contributed by atoms with E-state index in [2.05, 4.69) is 5.32 Å². The lowest BCUT2D eigenvalue weighted by Crippen LogP contribution is -2.36. The van der Waals surface area contributed by atoms with Gasteiger partial charge in [-0.1, -0.05) is 12.8 Å². The smallest absolute Gasteiger partial charge is 0.124 e. The summed E-state index contributed by atoms with van der Waals surface area (Å²) in [6.45, 7) is 1.28. The Balaban J connectivity index is 1.72. The van der Waals surface area contributed by atoms with Gasteiger partial charge >= 0.3 is 0 Å². The van der Waals surface area contributed by atoms with E-state index in [1.165, 1.54) is 25.7 Å². The highest BCUT2D eigenvalue weighted by Crippen LogP contribution is 2.24. The van der Waals surface area contributed by atoms with Crippen molar-refractivity contribution in [2.75, 3.05) is 27.4 Å². The molecule has 2 N–H and O–H groups in total. The normalized spacial score (nSPS) is 16.7. The highest BCUT2D eigenvalue weighted by molar-refractivity contribution is 5.39. The second-order valence-electron chi connectivity index (χ2n) is 5.74. The topological polar surface area (TPSA) is 60.0 Å². The van der Waals surface area contributed by atoms with Crippen LogP contribution in [0.15, 0.2) is 18.2 Å². The predicted octanol–water partition coefficient (Wildman–Crippen LogP) is 2.11. The van der Waals surface area contributed by atoms with E-state index in [1.807, 2.05) is 18.2 Å². The molecular weight excluding hydrogens is 282 g/mol. The molecule has 1 aromatic rings. The van der Waals surface area contributed by atoms with Gasteiger partial charge in [-0.25, -0.2) is 0 Å². The first-order valence-corrected chi connectivity index (χ1v) is 7.93. The van der Waals surface area contributed by atoms with Crippen LogP contribution in [0.1, 0.15) is 31.2 Å². The fourth-order valence-electron chi connectivity index (χ4n) is 2.79. The van der Waals surface area contributed by atoms with Gasteiger partial charge in [0.25, 0.3) is 0 Å². The molecule has 124 valence electrons. The van der Waals surface area contributed by atoms with Crippen molar-refractivity contribution in [1.82, 2.24) is 5.32 Å². The summed E-state index contributed by atoms with van der Waals surface area (Å²) in [4.78, 5) is 0. The first-order valence-electron chi connectivity index (χ1n) is 7.93. The first-order chi connectivity index (χ1) is 10.7. The van der Waals surface area contributed by atoms with Gasteiger partial charge < -0.3 is 24.6 Å². The molecule has 2 rings (SSSR count). The summed E-state index contributed by atoms with van der Waals surface area (Å²) in [6, 6.07) is 6.16. The van der Waals surface area contributed by atoms with E-state index < -0.39 is 6.10 Å². The highest BCUT2D eigenvalue weighted by atomic mass is 16.5. The van der Waals surface area contributed by atoms with Crippen LogP contribution in [0.4, 0.5) is 0 Å². The summed E-state index contributed by atoms with van der Waals surface area (Å²) in [7, 11) is 3.26. The van der Waals surface area contributed by atoms with Crippen molar-refractivity contribution < 1.29 is 19.3 Å². The lowest BCUT2D eigenvalue weighted by atomic mass is 10.2. The molecule has 0 heterocycles. The van der Waals surface area contributed by atoms with Gasteiger partial charge in [0.05, 0.1) is 33.5 Å². The minimum Gasteiger partial charge on any atom is -0.497 e. The second kappa shape index (κ2) is 8.98. The van der Waals surface area contributed by atoms with E-state index in [9.17, 15) is 5.11 Å². The molecule has 0 amide bonds. The first kappa shape index (κ1) is 17.1. The summed E-state index contributed by atoms with van der Waals surface area (Å²) in [6.07, 6.45) is 4.53. The van der Waals surface area contributed by atoms with Gasteiger partial charge in [0.15, 0.2) is 0 Å². The maximum Gasteiger partial charge on any atom is 0.124 e. The van der Waals surface area contributed by atoms with Crippen LogP contribution in [0.25, 0.3) is 0 Å². The van der Waals surface area contributed by atoms with E-state index in [-0.39, 0.29) is 0 Å². The van der Waals surface area contributed by atoms with Crippen LogP contribution in [0, 0.1) is 0 Å². The molecule has 0 spiro atoms. The molecule has 5 heteroatoms. The summed E-state index contributed by atoms with van der Waals surface area (Å²) in [5.74, 6) is 1.53. The summed E-state index contributed by atoms with van der Waals surface area (Å²) in [5, 5.41) is 13.4. The minimum atomic E-state index is -0.489. The van der Waals surface area contributed by atoms with Crippen LogP contribution >= 0.6 is 0 Å². The Bertz CT molecular complexity index is 446. The third-order valence-electron chi connectivity index (χ3n) is 4.05. The fraction of sp³-hybridized carbons (Fsp3) is 0.647. The predicted molar refractivity (Wildman–Crippen MR) is 85.5 cm³/mol. The molecule has 0 radical (unpaired) electrons. The van der Waals surface area contributed by atoms with E-state index in [0.29, 0.717) is 25.8 Å². The third kappa shape index (κ3) is 5.16. The number of aliphatic hydroxyl groups excluding tert-OH is 1. The molecule has 0 unspecified atom stereocenters. The van der Waals surface area contributed by atoms with Crippen LogP contribution in [0.3, 0.4) is 0 Å². The SMILES string of the molecule is COc1ccc(OC)c(COC[C@@H](O)CNC2CCCC2)c1. The zero-order valence-electron chi connectivity index (χ0n) is 13.5. The summed E-state index contributed by atoms with van der Waals surface area (Å²) >= 11 is 0. The van der Waals surface area contributed by atoms with Crippen LogP contribution in [-0.2, 0) is 11.3 Å². The van der Waals surface area contributed by atoms with E-state index in [1.54, 1.807) is 14.2 Å². The van der Waals surface area contributed by atoms with Gasteiger partial charge in [-0.05, 0) is 31.0 Å². The largest absolute Gasteiger partial charge is 0.497 e. The monoisotopic (exact) mass is 309 g/mol. The van der Waals surface area contributed by atoms with Crippen molar-refractivity contribution in [3.05, 3.63) is 23.8 Å². The Labute approximate surface area is 132 Å². The van der Waals surface area contributed by atoms with Gasteiger partial charge in [-0.3, -0.25) is 0 Å². The average molecular weight is 309 g/mol. The molecule has 0 bridgehead atoms. The lowest BCUT2D eigenvalue weighted by Gasteiger charge is -2.17. The molecule has 5 nitrogen and oxygen atoms in total. The number of hydrogen-bond acceptors (Lipinski definition) is 5. The molecule has 22 heavy (non-hydrogen) atoms. The number of rotatable bonds is 9. The Morgan fingerprint density at radius 3 is 2.68 bits per heavy atom. The number of hydrogen-bond donors (Lipinski definition) is 2. The van der Waals surface area contributed by atoms with Crippen molar-refractivity contribution in [3.63, 3.8) is 0 Å². The number of methoxy groups -OCH3 is 2. The molecule has 1 aliphatic carbocycles. The second-order valence-corrected chi connectivity index (χ2v) is 5.74. The molecule has 1 aliphatic rings. The van der Waals surface area contributed by atoms with Crippen molar-refractivity contribution >= 4 is 0 Å². The van der Waals surface area contributed by atoms with Gasteiger partial charge in [0.2, 0.25) is 0 Å². The Morgan fingerprint density at radius 2 is 2.00 bits per heavy atom. The molecule has 0 aromatic heterocycles. The van der Waals surface area contributed by atoms with E-state index in [0.717, 1.165) is 17.1 Å². The Hall–Kier alpha value is -1.30. The number of aliphatic hydroxyl groups is 1. The van der Waals surface area contributed by atoms with Crippen LogP contribution in [0.5, 0.6) is 11.5 Å². The van der Waals surface area contributed by atoms with Crippen LogP contribution in [-0.4, -0.2) is 44.6 Å². The molecule has 1 fully saturated rings. The molecule has 1 atom stereocenters. The number of ether oxygens (including phenoxy) is 3. The average Bonchev–Trinajstić information content (AvgIpc) is 3.06. The van der Waals surface area contributed by atoms with E-state index in [4.69, 9.17) is 14.2 Å². The quantitative estimate of drug-likeness (QED) is 0.731. The van der Waals surface area contributed by atoms with E-state index >= 15 is 0 Å². The number of nitrogens with one attached hydrogen (secondary N) is 1. The molecule has 0 saturated heterocycles. The Morgan fingerprint density at radius 1 is 1.23 bits per heavy atom. The highest BCUT2D eigenvalue weighted by Gasteiger charge is 2.15. The van der Waals surface area contributed by atoms with Crippen LogP contribution in [0.2, 0.25) is 0 Å². The van der Waals surface area contributed by atoms with Gasteiger partial charge in [0, 0.05) is 18.2 Å². The Kier molecular flexibility index (Phi) is 6.96. The van der Waals surface area contributed by atoms with Gasteiger partial charge in [-0.15, -0.1) is 0 Å². The summed E-state index contributed by atoms with van der Waals surface area (Å²) in [5.41, 5.74) is 0.915. The fourth-order valence-corrected chi connectivity index (χ4v) is 2.79. The van der Waals surface area contributed by atoms with Crippen molar-refractivity contribution in [1.29, 1.82) is 0 Å². The zero-order chi connectivity index (χ0) is 15.8. The van der Waals surface area contributed by atoms with Crippen molar-refractivity contribution in [2.24, 2.45) is 0 Å². The molecular formula is C17H27NO4. The van der Waals surface area contributed by atoms with Gasteiger partial charge in [0.1, 0.15) is 11.5 Å². The van der Waals surface area contributed by atoms with Crippen molar-refractivity contribution in [3.8, 4) is 11.5 Å². The zero-order valence-corrected chi connectivity index (χ0v) is 13.5. The van der Waals surface area contributed by atoms with Crippen molar-refractivity contribution in [2.45, 2.75) is 44.4 Å². The maximum absolute atomic E-state index is 9.97. The minimum absolute atomic E-state index is 0.306. The summed E-state index contributed by atoms with van der Waals surface area (Å²) < 4.78 is 16.1. The molecule has 1 aromatic carbocycles. The maximum atomic E-state index is 9.97. The van der Waals surface area contributed by atoms with Gasteiger partial charge in [-0.2, -0.15) is 0 Å². The standard InChI is InChI=1S/C17H27NO4/c1-20-16-7-8-17(21-2)13(9-16)11-22-12-15(19)10-18-14-5-3-4-6-14/h7-9,14-15,18-19H,3-6,10-12H2,1-2H3/t15-/m0/s1.